The van der Waals surface area contributed by atoms with Crippen LogP contribution in [0.1, 0.15) is 24.4 Å². The second-order valence-electron chi connectivity index (χ2n) is 4.03. The summed E-state index contributed by atoms with van der Waals surface area (Å²) in [6, 6.07) is 3.64. The van der Waals surface area contributed by atoms with Crippen molar-refractivity contribution in [3.63, 3.8) is 0 Å². The Kier molecular flexibility index (Phi) is 6.18. The van der Waals surface area contributed by atoms with Crippen LogP contribution in [0, 0.1) is 0 Å². The van der Waals surface area contributed by atoms with Crippen LogP contribution in [-0.4, -0.2) is 21.3 Å². The fourth-order valence-corrected chi connectivity index (χ4v) is 1.94. The Morgan fingerprint density at radius 2 is 1.74 bits per heavy atom. The third-order valence-corrected chi connectivity index (χ3v) is 2.97. The number of rotatable bonds is 8. The van der Waals surface area contributed by atoms with Gasteiger partial charge in [-0.25, -0.2) is 0 Å². The molecule has 1 aromatic carbocycles. The van der Waals surface area contributed by atoms with Crippen molar-refractivity contribution >= 4 is 0 Å². The van der Waals surface area contributed by atoms with Crippen molar-refractivity contribution in [3.05, 3.63) is 30.4 Å². The van der Waals surface area contributed by atoms with E-state index < -0.39 is 0 Å². The van der Waals surface area contributed by atoms with Crippen molar-refractivity contribution in [2.75, 3.05) is 21.3 Å². The lowest BCUT2D eigenvalue weighted by molar-refractivity contribution is 0.344. The summed E-state index contributed by atoms with van der Waals surface area (Å²) in [5.41, 5.74) is 3.73. The van der Waals surface area contributed by atoms with Crippen molar-refractivity contribution in [3.8, 4) is 17.2 Å². The summed E-state index contributed by atoms with van der Waals surface area (Å²) in [6.45, 7) is 3.72. The van der Waals surface area contributed by atoms with Crippen LogP contribution in [0.5, 0.6) is 17.2 Å². The summed E-state index contributed by atoms with van der Waals surface area (Å²) in [5, 5.41) is 0. The van der Waals surface area contributed by atoms with E-state index in [1.165, 1.54) is 0 Å². The van der Waals surface area contributed by atoms with E-state index in [1.807, 2.05) is 12.1 Å². The maximum Gasteiger partial charge on any atom is 0.164 e. The smallest absolute Gasteiger partial charge is 0.164 e. The molecule has 5 nitrogen and oxygen atoms in total. The van der Waals surface area contributed by atoms with Crippen LogP contribution in [0.3, 0.4) is 0 Å². The van der Waals surface area contributed by atoms with Gasteiger partial charge >= 0.3 is 0 Å². The highest BCUT2D eigenvalue weighted by molar-refractivity contribution is 5.51. The molecule has 0 saturated carbocycles. The molecule has 3 N–H and O–H groups in total. The quantitative estimate of drug-likeness (QED) is 0.429. The molecule has 0 aliphatic heterocycles. The molecule has 0 aromatic heterocycles. The number of nitrogens with two attached hydrogens (primary N) is 1. The highest BCUT2D eigenvalue weighted by atomic mass is 16.5. The highest BCUT2D eigenvalue weighted by Crippen LogP contribution is 2.38. The summed E-state index contributed by atoms with van der Waals surface area (Å²) in [5.74, 6) is 7.61. The molecule has 0 aliphatic rings. The van der Waals surface area contributed by atoms with Gasteiger partial charge in [0.15, 0.2) is 11.5 Å². The number of hydrogen-bond acceptors (Lipinski definition) is 5. The zero-order chi connectivity index (χ0) is 14.3. The number of nitrogens with one attached hydrogen (secondary N) is 1. The average Bonchev–Trinajstić information content (AvgIpc) is 2.47. The van der Waals surface area contributed by atoms with Crippen molar-refractivity contribution in [2.24, 2.45) is 5.84 Å². The minimum Gasteiger partial charge on any atom is -0.496 e. The molecule has 1 aromatic rings. The summed E-state index contributed by atoms with van der Waals surface area (Å²) in [4.78, 5) is 0. The summed E-state index contributed by atoms with van der Waals surface area (Å²) in [7, 11) is 4.81. The maximum atomic E-state index is 5.62. The van der Waals surface area contributed by atoms with Crippen LogP contribution in [0.2, 0.25) is 0 Å². The van der Waals surface area contributed by atoms with Gasteiger partial charge in [0.1, 0.15) is 5.75 Å². The van der Waals surface area contributed by atoms with Crippen LogP contribution < -0.4 is 25.5 Å². The van der Waals surface area contributed by atoms with E-state index in [4.69, 9.17) is 20.1 Å². The van der Waals surface area contributed by atoms with Crippen molar-refractivity contribution in [1.82, 2.24) is 5.43 Å². The molecule has 1 unspecified atom stereocenters. The third-order valence-electron chi connectivity index (χ3n) is 2.97. The molecular weight excluding hydrogens is 244 g/mol. The van der Waals surface area contributed by atoms with Crippen LogP contribution in [0.15, 0.2) is 24.8 Å². The monoisotopic (exact) mass is 266 g/mol. The Balaban J connectivity index is 3.18. The van der Waals surface area contributed by atoms with Gasteiger partial charge in [-0.2, -0.15) is 0 Å². The molecule has 19 heavy (non-hydrogen) atoms. The largest absolute Gasteiger partial charge is 0.496 e. The molecule has 0 radical (unpaired) electrons. The van der Waals surface area contributed by atoms with Gasteiger partial charge < -0.3 is 14.2 Å². The van der Waals surface area contributed by atoms with E-state index in [0.717, 1.165) is 18.4 Å². The second-order valence-corrected chi connectivity index (χ2v) is 4.03. The van der Waals surface area contributed by atoms with Gasteiger partial charge in [0.2, 0.25) is 0 Å². The fourth-order valence-electron chi connectivity index (χ4n) is 1.94. The van der Waals surface area contributed by atoms with Crippen LogP contribution in [0.25, 0.3) is 0 Å². The second kappa shape index (κ2) is 7.66. The Bertz CT molecular complexity index is 421. The van der Waals surface area contributed by atoms with Gasteiger partial charge in [0.25, 0.3) is 0 Å². The number of allylic oxidation sites excluding steroid dienone is 1. The number of ether oxygens (including phenoxy) is 3. The lowest BCUT2D eigenvalue weighted by atomic mass is 10.0. The van der Waals surface area contributed by atoms with Crippen molar-refractivity contribution in [2.45, 2.75) is 18.9 Å². The molecule has 5 heteroatoms. The molecule has 0 spiro atoms. The van der Waals surface area contributed by atoms with E-state index in [9.17, 15) is 0 Å². The topological polar surface area (TPSA) is 65.7 Å². The molecule has 0 fully saturated rings. The number of hydrogen-bond donors (Lipinski definition) is 2. The standard InChI is InChI=1S/C14H22N2O3/c1-5-6-7-11(16-15)10-8-13(18-3)14(19-4)9-12(10)17-2/h5,8-9,11,16H,1,6-7,15H2,2-4H3. The molecule has 0 saturated heterocycles. The van der Waals surface area contributed by atoms with E-state index in [0.29, 0.717) is 17.2 Å². The molecule has 0 bridgehead atoms. The van der Waals surface area contributed by atoms with Crippen LogP contribution >= 0.6 is 0 Å². The molecule has 0 amide bonds. The minimum atomic E-state index is -0.0345. The fraction of sp³-hybridized carbons (Fsp3) is 0.429. The molecule has 0 aliphatic carbocycles. The normalized spacial score (nSPS) is 11.8. The SMILES string of the molecule is C=CCCC(NN)c1cc(OC)c(OC)cc1OC. The Labute approximate surface area is 114 Å². The van der Waals surface area contributed by atoms with Crippen molar-refractivity contribution < 1.29 is 14.2 Å². The Morgan fingerprint density at radius 3 is 2.21 bits per heavy atom. The Hall–Kier alpha value is -1.72. The number of benzene rings is 1. The zero-order valence-electron chi connectivity index (χ0n) is 11.7. The van der Waals surface area contributed by atoms with E-state index in [1.54, 1.807) is 27.4 Å². The molecule has 1 rings (SSSR count). The summed E-state index contributed by atoms with van der Waals surface area (Å²) >= 11 is 0. The lowest BCUT2D eigenvalue weighted by Gasteiger charge is -2.20. The molecule has 106 valence electrons. The van der Waals surface area contributed by atoms with Gasteiger partial charge in [0, 0.05) is 11.6 Å². The summed E-state index contributed by atoms with van der Waals surface area (Å²) < 4.78 is 16.0. The van der Waals surface area contributed by atoms with E-state index in [2.05, 4.69) is 12.0 Å². The first-order chi connectivity index (χ1) is 9.21. The van der Waals surface area contributed by atoms with Crippen molar-refractivity contribution in [1.29, 1.82) is 0 Å². The minimum absolute atomic E-state index is 0.0345. The third kappa shape index (κ3) is 3.62. The molecule has 1 atom stereocenters. The van der Waals surface area contributed by atoms with E-state index >= 15 is 0 Å². The first kappa shape index (κ1) is 15.3. The van der Waals surface area contributed by atoms with Crippen LogP contribution in [0.4, 0.5) is 0 Å². The van der Waals surface area contributed by atoms with E-state index in [-0.39, 0.29) is 6.04 Å². The maximum absolute atomic E-state index is 5.62. The number of methoxy groups -OCH3 is 3. The first-order valence-electron chi connectivity index (χ1n) is 6.08. The van der Waals surface area contributed by atoms with Gasteiger partial charge in [-0.3, -0.25) is 11.3 Å². The first-order valence-corrected chi connectivity index (χ1v) is 6.08. The Morgan fingerprint density at radius 1 is 1.16 bits per heavy atom. The predicted molar refractivity (Wildman–Crippen MR) is 75.6 cm³/mol. The number of hydrazine groups is 1. The van der Waals surface area contributed by atoms with Crippen LogP contribution in [-0.2, 0) is 0 Å². The summed E-state index contributed by atoms with van der Waals surface area (Å²) in [6.07, 6.45) is 3.54. The van der Waals surface area contributed by atoms with Gasteiger partial charge in [0.05, 0.1) is 27.4 Å². The molecular formula is C14H22N2O3. The lowest BCUT2D eigenvalue weighted by Crippen LogP contribution is -2.28. The average molecular weight is 266 g/mol. The molecule has 0 heterocycles. The highest BCUT2D eigenvalue weighted by Gasteiger charge is 2.18. The van der Waals surface area contributed by atoms with Gasteiger partial charge in [-0.05, 0) is 18.9 Å². The van der Waals surface area contributed by atoms with Gasteiger partial charge in [-0.15, -0.1) is 6.58 Å². The zero-order valence-corrected chi connectivity index (χ0v) is 11.7. The van der Waals surface area contributed by atoms with Gasteiger partial charge in [-0.1, -0.05) is 6.08 Å². The predicted octanol–water partition coefficient (Wildman–Crippen LogP) is 2.18.